The summed E-state index contributed by atoms with van der Waals surface area (Å²) in [7, 11) is -2.47. The van der Waals surface area contributed by atoms with E-state index in [1.54, 1.807) is 12.5 Å². The minimum absolute atomic E-state index is 0.206. The lowest BCUT2D eigenvalue weighted by Crippen LogP contribution is -2.16. The first kappa shape index (κ1) is 24.5. The average Bonchev–Trinajstić information content (AvgIpc) is 3.25. The molecule has 0 unspecified atom stereocenters. The molecule has 0 fully saturated rings. The van der Waals surface area contributed by atoms with Crippen LogP contribution in [0.15, 0.2) is 64.9 Å². The average molecular weight is 497 g/mol. The van der Waals surface area contributed by atoms with Crippen LogP contribution in [0.4, 0.5) is 18.3 Å². The van der Waals surface area contributed by atoms with Gasteiger partial charge in [0, 0.05) is 17.0 Å². The molecule has 0 atom stereocenters. The van der Waals surface area contributed by atoms with Crippen LogP contribution in [0, 0.1) is 0 Å². The summed E-state index contributed by atoms with van der Waals surface area (Å²) in [6.45, 7) is 0. The fourth-order valence-electron chi connectivity index (χ4n) is 2.70. The van der Waals surface area contributed by atoms with Gasteiger partial charge in [0.1, 0.15) is 5.75 Å². The van der Waals surface area contributed by atoms with Gasteiger partial charge in [0.05, 0.1) is 29.9 Å². The van der Waals surface area contributed by atoms with Gasteiger partial charge in [-0.3, -0.25) is 10.1 Å². The van der Waals surface area contributed by atoms with E-state index in [9.17, 15) is 26.4 Å². The van der Waals surface area contributed by atoms with Crippen LogP contribution in [0.2, 0.25) is 0 Å². The standard InChI is InChI=1S/C22H19F3N2O4S2/c1-31-17-7-5-16(6-8-17)19-14-32-21(26-19)27-20(28)11-4-15-2-9-18(10-3-15)33(29,30)13-12-22(23,24)25/h2-11,14H,12-13H2,1H3,(H,26,27,28)/b11-4+. The summed E-state index contributed by atoms with van der Waals surface area (Å²) in [6, 6.07) is 12.6. The number of hydrogen-bond acceptors (Lipinski definition) is 6. The Labute approximate surface area is 192 Å². The van der Waals surface area contributed by atoms with Crippen molar-refractivity contribution in [3.8, 4) is 17.0 Å². The van der Waals surface area contributed by atoms with Crippen LogP contribution in [0.1, 0.15) is 12.0 Å². The van der Waals surface area contributed by atoms with Crippen LogP contribution in [0.25, 0.3) is 17.3 Å². The minimum atomic E-state index is -4.55. The first-order valence-corrected chi connectivity index (χ1v) is 12.1. The molecule has 0 saturated carbocycles. The van der Waals surface area contributed by atoms with E-state index in [1.165, 1.54) is 47.8 Å². The number of carbonyl (C=O) groups excluding carboxylic acids is 1. The largest absolute Gasteiger partial charge is 0.497 e. The fourth-order valence-corrected chi connectivity index (χ4v) is 4.71. The molecule has 174 valence electrons. The Morgan fingerprint density at radius 1 is 1.12 bits per heavy atom. The molecular weight excluding hydrogens is 477 g/mol. The van der Waals surface area contributed by atoms with E-state index in [0.29, 0.717) is 16.4 Å². The lowest BCUT2D eigenvalue weighted by molar-refractivity contribution is -0.130. The molecule has 0 spiro atoms. The summed E-state index contributed by atoms with van der Waals surface area (Å²) in [4.78, 5) is 16.3. The molecule has 11 heteroatoms. The van der Waals surface area contributed by atoms with E-state index < -0.39 is 34.1 Å². The Balaban J connectivity index is 1.59. The molecule has 6 nitrogen and oxygen atoms in total. The number of nitrogens with one attached hydrogen (secondary N) is 1. The van der Waals surface area contributed by atoms with Crippen molar-refractivity contribution >= 4 is 38.3 Å². The van der Waals surface area contributed by atoms with Crippen LogP contribution >= 0.6 is 11.3 Å². The summed E-state index contributed by atoms with van der Waals surface area (Å²) in [5.41, 5.74) is 2.08. The van der Waals surface area contributed by atoms with E-state index in [2.05, 4.69) is 10.3 Å². The Kier molecular flexibility index (Phi) is 7.54. The molecule has 1 amide bonds. The summed E-state index contributed by atoms with van der Waals surface area (Å²) in [5.74, 6) is -0.729. The third kappa shape index (κ3) is 7.16. The summed E-state index contributed by atoms with van der Waals surface area (Å²) >= 11 is 1.26. The molecule has 1 heterocycles. The van der Waals surface area contributed by atoms with Crippen LogP contribution < -0.4 is 10.1 Å². The second-order valence-corrected chi connectivity index (χ2v) is 9.81. The van der Waals surface area contributed by atoms with E-state index in [1.807, 2.05) is 24.3 Å². The molecule has 1 N–H and O–H groups in total. The smallest absolute Gasteiger partial charge is 0.390 e. The Hall–Kier alpha value is -3.18. The van der Waals surface area contributed by atoms with Crippen molar-refractivity contribution in [1.82, 2.24) is 4.98 Å². The number of ether oxygens (including phenoxy) is 1. The Morgan fingerprint density at radius 3 is 2.39 bits per heavy atom. The number of nitrogens with zero attached hydrogens (tertiary/aromatic N) is 1. The van der Waals surface area contributed by atoms with E-state index >= 15 is 0 Å². The van der Waals surface area contributed by atoms with Crippen molar-refractivity contribution in [2.24, 2.45) is 0 Å². The van der Waals surface area contributed by atoms with Gasteiger partial charge in [-0.1, -0.05) is 12.1 Å². The predicted octanol–water partition coefficient (Wildman–Crippen LogP) is 5.20. The Bertz CT molecular complexity index is 1230. The van der Waals surface area contributed by atoms with Crippen LogP contribution in [-0.4, -0.2) is 38.3 Å². The van der Waals surface area contributed by atoms with Gasteiger partial charge in [0.15, 0.2) is 15.0 Å². The molecule has 3 aromatic rings. The maximum absolute atomic E-state index is 12.3. The molecule has 1 aromatic heterocycles. The number of thiazole rings is 1. The highest BCUT2D eigenvalue weighted by Gasteiger charge is 2.30. The lowest BCUT2D eigenvalue weighted by atomic mass is 10.2. The number of sulfone groups is 1. The zero-order chi connectivity index (χ0) is 24.1. The highest BCUT2D eigenvalue weighted by molar-refractivity contribution is 7.91. The van der Waals surface area contributed by atoms with Gasteiger partial charge in [-0.15, -0.1) is 11.3 Å². The van der Waals surface area contributed by atoms with Crippen molar-refractivity contribution in [2.75, 3.05) is 18.2 Å². The third-order valence-corrected chi connectivity index (χ3v) is 6.93. The van der Waals surface area contributed by atoms with E-state index in [0.717, 1.165) is 11.3 Å². The van der Waals surface area contributed by atoms with Crippen LogP contribution in [0.3, 0.4) is 0 Å². The molecule has 3 rings (SSSR count). The summed E-state index contributed by atoms with van der Waals surface area (Å²) in [5, 5.41) is 4.85. The van der Waals surface area contributed by atoms with Gasteiger partial charge in [-0.25, -0.2) is 13.4 Å². The van der Waals surface area contributed by atoms with Crippen molar-refractivity contribution in [1.29, 1.82) is 0 Å². The number of anilines is 1. The van der Waals surface area contributed by atoms with E-state index in [-0.39, 0.29) is 4.90 Å². The number of carbonyl (C=O) groups is 1. The number of halogens is 3. The van der Waals surface area contributed by atoms with Crippen LogP contribution in [-0.2, 0) is 14.6 Å². The van der Waals surface area contributed by atoms with Gasteiger partial charge in [0.25, 0.3) is 0 Å². The number of amides is 1. The maximum Gasteiger partial charge on any atom is 0.390 e. The highest BCUT2D eigenvalue weighted by atomic mass is 32.2. The number of alkyl halides is 3. The topological polar surface area (TPSA) is 85.4 Å². The first-order valence-electron chi connectivity index (χ1n) is 9.54. The molecule has 0 aliphatic heterocycles. The molecule has 0 aliphatic rings. The Morgan fingerprint density at radius 2 is 1.79 bits per heavy atom. The number of benzene rings is 2. The van der Waals surface area contributed by atoms with Crippen molar-refractivity contribution in [3.05, 3.63) is 65.6 Å². The second-order valence-electron chi connectivity index (χ2n) is 6.84. The quantitative estimate of drug-likeness (QED) is 0.434. The van der Waals surface area contributed by atoms with Gasteiger partial charge >= 0.3 is 6.18 Å². The third-order valence-electron chi connectivity index (χ3n) is 4.44. The lowest BCUT2D eigenvalue weighted by Gasteiger charge is -2.07. The maximum atomic E-state index is 12.3. The van der Waals surface area contributed by atoms with Gasteiger partial charge in [-0.2, -0.15) is 13.2 Å². The molecular formula is C22H19F3N2O4S2. The van der Waals surface area contributed by atoms with Gasteiger partial charge in [0.2, 0.25) is 5.91 Å². The zero-order valence-electron chi connectivity index (χ0n) is 17.3. The van der Waals surface area contributed by atoms with Crippen molar-refractivity contribution in [3.63, 3.8) is 0 Å². The zero-order valence-corrected chi connectivity index (χ0v) is 18.9. The van der Waals surface area contributed by atoms with Crippen LogP contribution in [0.5, 0.6) is 5.75 Å². The number of hydrogen-bond donors (Lipinski definition) is 1. The minimum Gasteiger partial charge on any atom is -0.497 e. The molecule has 2 aromatic carbocycles. The molecule has 0 aliphatic carbocycles. The molecule has 0 radical (unpaired) electrons. The highest BCUT2D eigenvalue weighted by Crippen LogP contribution is 2.26. The van der Waals surface area contributed by atoms with Crippen molar-refractivity contribution < 1.29 is 31.1 Å². The second kappa shape index (κ2) is 10.2. The first-order chi connectivity index (χ1) is 15.6. The monoisotopic (exact) mass is 496 g/mol. The number of aromatic nitrogens is 1. The molecule has 0 bridgehead atoms. The molecule has 0 saturated heterocycles. The summed E-state index contributed by atoms with van der Waals surface area (Å²) < 4.78 is 66.0. The number of methoxy groups -OCH3 is 1. The summed E-state index contributed by atoms with van der Waals surface area (Å²) in [6.07, 6.45) is -3.24. The normalized spacial score (nSPS) is 12.1. The molecule has 33 heavy (non-hydrogen) atoms. The predicted molar refractivity (Wildman–Crippen MR) is 121 cm³/mol. The van der Waals surface area contributed by atoms with Gasteiger partial charge in [-0.05, 0) is 48.0 Å². The van der Waals surface area contributed by atoms with E-state index in [4.69, 9.17) is 4.74 Å². The SMILES string of the molecule is COc1ccc(-c2csc(NC(=O)/C=C/c3ccc(S(=O)(=O)CCC(F)(F)F)cc3)n2)cc1. The van der Waals surface area contributed by atoms with Gasteiger partial charge < -0.3 is 4.74 Å². The number of rotatable bonds is 8. The fraction of sp³-hybridized carbons (Fsp3) is 0.182. The van der Waals surface area contributed by atoms with Crippen molar-refractivity contribution in [2.45, 2.75) is 17.5 Å².